The SMILES string of the molecule is C[C@@H](c1ccc(C(F)(F)F)cc1C(F)(F)F)n1cc(NC(=O)c2cc(-c3ccco3)on2)cn1. The van der Waals surface area contributed by atoms with Gasteiger partial charge in [-0.3, -0.25) is 9.48 Å². The molecule has 0 bridgehead atoms. The summed E-state index contributed by atoms with van der Waals surface area (Å²) in [6, 6.07) is 4.87. The van der Waals surface area contributed by atoms with Crippen molar-refractivity contribution in [3.8, 4) is 11.5 Å². The molecule has 1 atom stereocenters. The number of alkyl halides is 6. The van der Waals surface area contributed by atoms with Crippen LogP contribution in [0.15, 0.2) is 64.0 Å². The van der Waals surface area contributed by atoms with Crippen molar-refractivity contribution in [3.63, 3.8) is 0 Å². The van der Waals surface area contributed by atoms with Crippen LogP contribution in [-0.2, 0) is 12.4 Å². The molecular formula is C21H14F6N4O3. The second kappa shape index (κ2) is 8.39. The molecule has 4 rings (SSSR count). The Hall–Kier alpha value is -4.03. The lowest BCUT2D eigenvalue weighted by Crippen LogP contribution is -2.17. The van der Waals surface area contributed by atoms with Crippen molar-refractivity contribution >= 4 is 11.6 Å². The van der Waals surface area contributed by atoms with E-state index in [0.29, 0.717) is 11.8 Å². The Morgan fingerprint density at radius 1 is 1.06 bits per heavy atom. The quantitative estimate of drug-likeness (QED) is 0.350. The Bertz CT molecular complexity index is 1300. The lowest BCUT2D eigenvalue weighted by atomic mass is 9.98. The molecular weight excluding hydrogens is 470 g/mol. The zero-order valence-electron chi connectivity index (χ0n) is 17.1. The molecule has 0 aliphatic carbocycles. The fraction of sp³-hybridized carbons (Fsp3) is 0.190. The fourth-order valence-corrected chi connectivity index (χ4v) is 3.21. The lowest BCUT2D eigenvalue weighted by Gasteiger charge is -2.20. The number of anilines is 1. The minimum absolute atomic E-state index is 0.0687. The van der Waals surface area contributed by atoms with Gasteiger partial charge in [0.25, 0.3) is 5.91 Å². The number of hydrogen-bond acceptors (Lipinski definition) is 5. The summed E-state index contributed by atoms with van der Waals surface area (Å²) >= 11 is 0. The molecule has 34 heavy (non-hydrogen) atoms. The largest absolute Gasteiger partial charge is 0.461 e. The van der Waals surface area contributed by atoms with Crippen molar-refractivity contribution in [1.29, 1.82) is 0 Å². The zero-order chi connectivity index (χ0) is 24.7. The van der Waals surface area contributed by atoms with Crippen LogP contribution >= 0.6 is 0 Å². The van der Waals surface area contributed by atoms with Crippen LogP contribution in [0.4, 0.5) is 32.0 Å². The summed E-state index contributed by atoms with van der Waals surface area (Å²) in [4.78, 5) is 12.4. The molecule has 0 aliphatic rings. The van der Waals surface area contributed by atoms with Gasteiger partial charge in [0.1, 0.15) is 0 Å². The average Bonchev–Trinajstić information content (AvgIpc) is 3.52. The van der Waals surface area contributed by atoms with Crippen molar-refractivity contribution in [2.24, 2.45) is 0 Å². The molecule has 0 fully saturated rings. The van der Waals surface area contributed by atoms with E-state index in [1.807, 2.05) is 0 Å². The standard InChI is InChI=1S/C21H14F6N4O3/c1-11(14-5-4-12(20(22,23)24)7-15(14)21(25,26)27)31-10-13(9-28-31)29-19(32)16-8-18(34-30-16)17-3-2-6-33-17/h2-11H,1H3,(H,29,32)/t11-/m0/s1. The number of furan rings is 1. The number of nitrogens with one attached hydrogen (secondary N) is 1. The highest BCUT2D eigenvalue weighted by Gasteiger charge is 2.39. The van der Waals surface area contributed by atoms with Gasteiger partial charge in [0.15, 0.2) is 11.5 Å². The zero-order valence-corrected chi connectivity index (χ0v) is 17.1. The number of halogens is 6. The average molecular weight is 484 g/mol. The smallest absolute Gasteiger partial charge is 0.416 e. The first-order valence-electron chi connectivity index (χ1n) is 9.58. The summed E-state index contributed by atoms with van der Waals surface area (Å²) < 4.78 is 90.5. The molecule has 4 aromatic rings. The molecule has 1 N–H and O–H groups in total. The number of carbonyl (C=O) groups excluding carboxylic acids is 1. The van der Waals surface area contributed by atoms with Crippen LogP contribution in [0.25, 0.3) is 11.5 Å². The first kappa shape index (κ1) is 23.1. The fourth-order valence-electron chi connectivity index (χ4n) is 3.21. The third-order valence-corrected chi connectivity index (χ3v) is 4.90. The Labute approximate surface area is 186 Å². The maximum Gasteiger partial charge on any atom is 0.416 e. The van der Waals surface area contributed by atoms with E-state index in [0.717, 1.165) is 10.7 Å². The van der Waals surface area contributed by atoms with E-state index in [1.165, 1.54) is 31.6 Å². The normalized spacial score (nSPS) is 13.1. The third-order valence-electron chi connectivity index (χ3n) is 4.90. The maximum absolute atomic E-state index is 13.5. The lowest BCUT2D eigenvalue weighted by molar-refractivity contribution is -0.143. The minimum Gasteiger partial charge on any atom is -0.461 e. The molecule has 3 aromatic heterocycles. The summed E-state index contributed by atoms with van der Waals surface area (Å²) in [6.07, 6.45) is -6.11. The molecule has 0 aliphatic heterocycles. The van der Waals surface area contributed by atoms with E-state index in [9.17, 15) is 31.1 Å². The Balaban J connectivity index is 1.55. The van der Waals surface area contributed by atoms with Crippen LogP contribution in [0.1, 0.15) is 40.1 Å². The van der Waals surface area contributed by atoms with Crippen LogP contribution < -0.4 is 5.32 Å². The molecule has 0 unspecified atom stereocenters. The molecule has 0 spiro atoms. The Morgan fingerprint density at radius 2 is 1.82 bits per heavy atom. The van der Waals surface area contributed by atoms with Crippen LogP contribution in [0.2, 0.25) is 0 Å². The Kier molecular flexibility index (Phi) is 5.71. The topological polar surface area (TPSA) is 86.1 Å². The number of benzene rings is 1. The summed E-state index contributed by atoms with van der Waals surface area (Å²) in [5.41, 5.74) is -3.22. The highest BCUT2D eigenvalue weighted by atomic mass is 19.4. The van der Waals surface area contributed by atoms with Gasteiger partial charge in [-0.2, -0.15) is 31.4 Å². The van der Waals surface area contributed by atoms with Gasteiger partial charge in [-0.15, -0.1) is 0 Å². The van der Waals surface area contributed by atoms with Crippen molar-refractivity contribution in [1.82, 2.24) is 14.9 Å². The number of hydrogen-bond donors (Lipinski definition) is 1. The van der Waals surface area contributed by atoms with Gasteiger partial charge in [-0.1, -0.05) is 11.2 Å². The van der Waals surface area contributed by atoms with Crippen molar-refractivity contribution in [2.45, 2.75) is 25.3 Å². The molecule has 13 heteroatoms. The second-order valence-corrected chi connectivity index (χ2v) is 7.19. The predicted molar refractivity (Wildman–Crippen MR) is 105 cm³/mol. The van der Waals surface area contributed by atoms with E-state index in [4.69, 9.17) is 8.94 Å². The first-order valence-corrected chi connectivity index (χ1v) is 9.58. The molecule has 0 saturated heterocycles. The molecule has 0 saturated carbocycles. The van der Waals surface area contributed by atoms with E-state index in [-0.39, 0.29) is 23.2 Å². The number of carbonyl (C=O) groups is 1. The van der Waals surface area contributed by atoms with Crippen molar-refractivity contribution in [2.75, 3.05) is 5.32 Å². The molecule has 0 radical (unpaired) electrons. The van der Waals surface area contributed by atoms with Gasteiger partial charge in [0.2, 0.25) is 5.76 Å². The van der Waals surface area contributed by atoms with E-state index in [1.54, 1.807) is 12.1 Å². The number of amides is 1. The predicted octanol–water partition coefficient (Wildman–Crippen LogP) is 6.03. The third kappa shape index (κ3) is 4.67. The molecule has 1 aromatic carbocycles. The van der Waals surface area contributed by atoms with Gasteiger partial charge in [-0.05, 0) is 36.8 Å². The second-order valence-electron chi connectivity index (χ2n) is 7.19. The minimum atomic E-state index is -5.02. The van der Waals surface area contributed by atoms with Crippen LogP contribution in [0.3, 0.4) is 0 Å². The van der Waals surface area contributed by atoms with Gasteiger partial charge in [0.05, 0.1) is 35.3 Å². The molecule has 7 nitrogen and oxygen atoms in total. The van der Waals surface area contributed by atoms with Crippen LogP contribution in [0, 0.1) is 0 Å². The van der Waals surface area contributed by atoms with Crippen molar-refractivity contribution in [3.05, 3.63) is 77.4 Å². The van der Waals surface area contributed by atoms with Gasteiger partial charge in [-0.25, -0.2) is 0 Å². The summed E-state index contributed by atoms with van der Waals surface area (Å²) in [5, 5.41) is 10.0. The van der Waals surface area contributed by atoms with Crippen molar-refractivity contribution < 1.29 is 40.1 Å². The first-order chi connectivity index (χ1) is 15.9. The van der Waals surface area contributed by atoms with Gasteiger partial charge < -0.3 is 14.3 Å². The number of nitrogens with zero attached hydrogens (tertiary/aromatic N) is 3. The summed E-state index contributed by atoms with van der Waals surface area (Å²) in [7, 11) is 0. The van der Waals surface area contributed by atoms with E-state index < -0.39 is 41.0 Å². The Morgan fingerprint density at radius 3 is 2.47 bits per heavy atom. The monoisotopic (exact) mass is 484 g/mol. The highest BCUT2D eigenvalue weighted by Crippen LogP contribution is 2.39. The maximum atomic E-state index is 13.5. The highest BCUT2D eigenvalue weighted by molar-refractivity contribution is 6.03. The summed E-state index contributed by atoms with van der Waals surface area (Å²) in [5.74, 6) is -0.120. The molecule has 3 heterocycles. The van der Waals surface area contributed by atoms with E-state index >= 15 is 0 Å². The number of aromatic nitrogens is 3. The summed E-state index contributed by atoms with van der Waals surface area (Å²) in [6.45, 7) is 1.34. The van der Waals surface area contributed by atoms with Crippen LogP contribution in [0.5, 0.6) is 0 Å². The number of rotatable bonds is 5. The van der Waals surface area contributed by atoms with Crippen LogP contribution in [-0.4, -0.2) is 20.8 Å². The van der Waals surface area contributed by atoms with Gasteiger partial charge in [0, 0.05) is 12.3 Å². The molecule has 1 amide bonds. The molecule has 178 valence electrons. The van der Waals surface area contributed by atoms with E-state index in [2.05, 4.69) is 15.6 Å². The van der Waals surface area contributed by atoms with Gasteiger partial charge >= 0.3 is 12.4 Å².